The van der Waals surface area contributed by atoms with Gasteiger partial charge >= 0.3 is 0 Å². The summed E-state index contributed by atoms with van der Waals surface area (Å²) in [6.07, 6.45) is 0. The van der Waals surface area contributed by atoms with Gasteiger partial charge in [-0.25, -0.2) is 4.39 Å². The normalized spacial score (nSPS) is 10.5. The molecule has 19 heavy (non-hydrogen) atoms. The van der Waals surface area contributed by atoms with Gasteiger partial charge in [-0.1, -0.05) is 29.8 Å². The fourth-order valence-electron chi connectivity index (χ4n) is 2.08. The SMILES string of the molecule is CCN(c1cccc(F)c1)c1c(Cl)cccc1CCl. The minimum atomic E-state index is -0.268. The zero-order chi connectivity index (χ0) is 13.8. The molecule has 2 aromatic rings. The third-order valence-corrected chi connectivity index (χ3v) is 3.51. The first-order valence-corrected chi connectivity index (χ1v) is 6.95. The van der Waals surface area contributed by atoms with Crippen molar-refractivity contribution in [3.8, 4) is 0 Å². The van der Waals surface area contributed by atoms with Crippen molar-refractivity contribution in [2.75, 3.05) is 11.4 Å². The molecular formula is C15H14Cl2FN. The second kappa shape index (κ2) is 6.27. The van der Waals surface area contributed by atoms with Crippen LogP contribution in [0.2, 0.25) is 5.02 Å². The standard InChI is InChI=1S/C15H14Cl2FN/c1-2-19(13-7-4-6-12(18)9-13)15-11(10-16)5-3-8-14(15)17/h3-9H,2,10H2,1H3. The van der Waals surface area contributed by atoms with Gasteiger partial charge in [0.1, 0.15) is 5.82 Å². The van der Waals surface area contributed by atoms with Gasteiger partial charge < -0.3 is 4.90 Å². The van der Waals surface area contributed by atoms with Gasteiger partial charge in [-0.3, -0.25) is 0 Å². The van der Waals surface area contributed by atoms with Crippen molar-refractivity contribution in [1.82, 2.24) is 0 Å². The summed E-state index contributed by atoms with van der Waals surface area (Å²) in [5.74, 6) is 0.0947. The van der Waals surface area contributed by atoms with Gasteiger partial charge in [0, 0.05) is 18.1 Å². The van der Waals surface area contributed by atoms with E-state index in [0.717, 1.165) is 16.9 Å². The Hall–Kier alpha value is -1.25. The molecule has 0 N–H and O–H groups in total. The fraction of sp³-hybridized carbons (Fsp3) is 0.200. The van der Waals surface area contributed by atoms with E-state index in [1.165, 1.54) is 12.1 Å². The monoisotopic (exact) mass is 297 g/mol. The third-order valence-electron chi connectivity index (χ3n) is 2.92. The molecule has 0 saturated carbocycles. The number of para-hydroxylation sites is 1. The lowest BCUT2D eigenvalue weighted by Gasteiger charge is -2.26. The molecule has 0 spiro atoms. The predicted octanol–water partition coefficient (Wildman–Crippen LogP) is 5.38. The molecule has 0 aliphatic heterocycles. The predicted molar refractivity (Wildman–Crippen MR) is 80.1 cm³/mol. The minimum Gasteiger partial charge on any atom is -0.340 e. The molecule has 0 bridgehead atoms. The van der Waals surface area contributed by atoms with Crippen LogP contribution in [0.1, 0.15) is 12.5 Å². The number of benzene rings is 2. The first kappa shape index (κ1) is 14.2. The number of hydrogen-bond acceptors (Lipinski definition) is 1. The van der Waals surface area contributed by atoms with Crippen molar-refractivity contribution in [2.24, 2.45) is 0 Å². The number of alkyl halides is 1. The second-order valence-electron chi connectivity index (χ2n) is 4.11. The van der Waals surface area contributed by atoms with Crippen LogP contribution >= 0.6 is 23.2 Å². The lowest BCUT2D eigenvalue weighted by atomic mass is 10.1. The highest BCUT2D eigenvalue weighted by Crippen LogP contribution is 2.35. The molecule has 0 aliphatic carbocycles. The molecule has 1 nitrogen and oxygen atoms in total. The zero-order valence-electron chi connectivity index (χ0n) is 10.5. The first-order chi connectivity index (χ1) is 9.17. The Morgan fingerprint density at radius 2 is 1.89 bits per heavy atom. The largest absolute Gasteiger partial charge is 0.340 e. The van der Waals surface area contributed by atoms with Gasteiger partial charge in [-0.15, -0.1) is 11.6 Å². The zero-order valence-corrected chi connectivity index (χ0v) is 12.0. The maximum Gasteiger partial charge on any atom is 0.125 e. The molecule has 0 saturated heterocycles. The number of anilines is 2. The van der Waals surface area contributed by atoms with Gasteiger partial charge in [0.15, 0.2) is 0 Å². The molecule has 4 heteroatoms. The summed E-state index contributed by atoms with van der Waals surface area (Å²) in [5, 5.41) is 0.615. The Bertz CT molecular complexity index is 572. The van der Waals surface area contributed by atoms with Crippen molar-refractivity contribution in [1.29, 1.82) is 0 Å². The summed E-state index contributed by atoms with van der Waals surface area (Å²) in [4.78, 5) is 1.96. The molecule has 0 fully saturated rings. The Balaban J connectivity index is 2.54. The van der Waals surface area contributed by atoms with Gasteiger partial charge in [-0.2, -0.15) is 0 Å². The van der Waals surface area contributed by atoms with Crippen LogP contribution in [0, 0.1) is 5.82 Å². The van der Waals surface area contributed by atoms with E-state index >= 15 is 0 Å². The molecule has 2 aromatic carbocycles. The smallest absolute Gasteiger partial charge is 0.125 e. The van der Waals surface area contributed by atoms with Crippen molar-refractivity contribution in [2.45, 2.75) is 12.8 Å². The summed E-state index contributed by atoms with van der Waals surface area (Å²) < 4.78 is 13.4. The van der Waals surface area contributed by atoms with Gasteiger partial charge in [0.05, 0.1) is 10.7 Å². The van der Waals surface area contributed by atoms with Gasteiger partial charge in [0.2, 0.25) is 0 Å². The van der Waals surface area contributed by atoms with Gasteiger partial charge in [0.25, 0.3) is 0 Å². The van der Waals surface area contributed by atoms with Crippen LogP contribution in [0.4, 0.5) is 15.8 Å². The summed E-state index contributed by atoms with van der Waals surface area (Å²) >= 11 is 12.2. The van der Waals surface area contributed by atoms with Crippen LogP contribution < -0.4 is 4.90 Å². The number of nitrogens with zero attached hydrogens (tertiary/aromatic N) is 1. The van der Waals surface area contributed by atoms with Crippen LogP contribution in [0.15, 0.2) is 42.5 Å². The van der Waals surface area contributed by atoms with E-state index in [0.29, 0.717) is 17.4 Å². The van der Waals surface area contributed by atoms with E-state index in [4.69, 9.17) is 23.2 Å². The second-order valence-corrected chi connectivity index (χ2v) is 4.78. The molecular weight excluding hydrogens is 284 g/mol. The average Bonchev–Trinajstić information content (AvgIpc) is 2.41. The summed E-state index contributed by atoms with van der Waals surface area (Å²) in [6.45, 7) is 2.67. The summed E-state index contributed by atoms with van der Waals surface area (Å²) in [6, 6.07) is 12.1. The third kappa shape index (κ3) is 3.02. The van der Waals surface area contributed by atoms with Crippen LogP contribution in [-0.4, -0.2) is 6.54 Å². The lowest BCUT2D eigenvalue weighted by molar-refractivity contribution is 0.627. The Morgan fingerprint density at radius 3 is 2.53 bits per heavy atom. The minimum absolute atomic E-state index is 0.268. The lowest BCUT2D eigenvalue weighted by Crippen LogP contribution is -2.18. The van der Waals surface area contributed by atoms with Crippen molar-refractivity contribution in [3.63, 3.8) is 0 Å². The Morgan fingerprint density at radius 1 is 1.16 bits per heavy atom. The van der Waals surface area contributed by atoms with Crippen LogP contribution in [0.25, 0.3) is 0 Å². The highest BCUT2D eigenvalue weighted by molar-refractivity contribution is 6.33. The first-order valence-electron chi connectivity index (χ1n) is 6.03. The van der Waals surface area contributed by atoms with E-state index < -0.39 is 0 Å². The van der Waals surface area contributed by atoms with E-state index in [-0.39, 0.29) is 5.82 Å². The van der Waals surface area contributed by atoms with Crippen molar-refractivity contribution in [3.05, 3.63) is 58.9 Å². The quantitative estimate of drug-likeness (QED) is 0.685. The van der Waals surface area contributed by atoms with Crippen LogP contribution in [0.5, 0.6) is 0 Å². The molecule has 0 atom stereocenters. The molecule has 2 rings (SSSR count). The molecule has 0 aliphatic rings. The topological polar surface area (TPSA) is 3.24 Å². The molecule has 0 heterocycles. The molecule has 100 valence electrons. The maximum atomic E-state index is 13.4. The van der Waals surface area contributed by atoms with Gasteiger partial charge in [-0.05, 0) is 36.8 Å². The summed E-state index contributed by atoms with van der Waals surface area (Å²) in [5.41, 5.74) is 2.54. The van der Waals surface area contributed by atoms with Crippen molar-refractivity contribution < 1.29 is 4.39 Å². The maximum absolute atomic E-state index is 13.4. The summed E-state index contributed by atoms with van der Waals surface area (Å²) in [7, 11) is 0. The van der Waals surface area contributed by atoms with E-state index in [2.05, 4.69) is 0 Å². The Kier molecular flexibility index (Phi) is 4.67. The number of rotatable bonds is 4. The molecule has 0 aromatic heterocycles. The van der Waals surface area contributed by atoms with E-state index in [9.17, 15) is 4.39 Å². The number of halogens is 3. The fourth-order valence-corrected chi connectivity index (χ4v) is 2.60. The molecule has 0 unspecified atom stereocenters. The van der Waals surface area contributed by atoms with Crippen LogP contribution in [-0.2, 0) is 5.88 Å². The van der Waals surface area contributed by atoms with Crippen LogP contribution in [0.3, 0.4) is 0 Å². The molecule has 0 amide bonds. The van der Waals surface area contributed by atoms with E-state index in [1.807, 2.05) is 36.1 Å². The Labute approximate surface area is 122 Å². The number of hydrogen-bond donors (Lipinski definition) is 0. The highest BCUT2D eigenvalue weighted by Gasteiger charge is 2.15. The van der Waals surface area contributed by atoms with Crippen molar-refractivity contribution >= 4 is 34.6 Å². The average molecular weight is 298 g/mol. The highest BCUT2D eigenvalue weighted by atomic mass is 35.5. The molecule has 0 radical (unpaired) electrons. The van der Waals surface area contributed by atoms with E-state index in [1.54, 1.807) is 6.07 Å².